The molecule has 4 rings (SSSR count). The lowest BCUT2D eigenvalue weighted by Gasteiger charge is -2.07. The van der Waals surface area contributed by atoms with Crippen molar-refractivity contribution in [3.63, 3.8) is 0 Å². The van der Waals surface area contributed by atoms with E-state index in [0.717, 1.165) is 27.2 Å². The maximum absolute atomic E-state index is 13.6. The molecule has 0 fully saturated rings. The number of nitrogens with zero attached hydrogens (tertiary/aromatic N) is 6. The average Bonchev–Trinajstić information content (AvgIpc) is 3.26. The number of halogens is 1. The molecule has 0 aliphatic heterocycles. The number of fused-ring (bicyclic) bond motifs is 1. The number of hydrogen-bond donors (Lipinski definition) is 0. The van der Waals surface area contributed by atoms with Crippen LogP contribution < -0.4 is 0 Å². The molecule has 28 heavy (non-hydrogen) atoms. The van der Waals surface area contributed by atoms with E-state index in [9.17, 15) is 4.39 Å². The van der Waals surface area contributed by atoms with E-state index in [1.807, 2.05) is 36.9 Å². The highest BCUT2D eigenvalue weighted by molar-refractivity contribution is 7.18. The molecule has 0 saturated carbocycles. The minimum absolute atomic E-state index is 0.390. The first-order chi connectivity index (χ1) is 13.5. The highest BCUT2D eigenvalue weighted by Gasteiger charge is 2.18. The summed E-state index contributed by atoms with van der Waals surface area (Å²) in [6.45, 7) is 5.53. The third-order valence-electron chi connectivity index (χ3n) is 4.44. The van der Waals surface area contributed by atoms with Crippen LogP contribution in [0.1, 0.15) is 11.4 Å². The van der Waals surface area contributed by atoms with E-state index < -0.39 is 5.82 Å². The number of aliphatic imine (C=N–C) groups is 2. The number of rotatable bonds is 3. The molecule has 0 unspecified atom stereocenters. The van der Waals surface area contributed by atoms with E-state index >= 15 is 0 Å². The number of amidine groups is 1. The number of aromatic nitrogens is 4. The summed E-state index contributed by atoms with van der Waals surface area (Å²) in [5.74, 6) is 0.0909. The molecule has 4 aromatic heterocycles. The molecule has 0 aliphatic carbocycles. The molecule has 0 N–H and O–H groups in total. The summed E-state index contributed by atoms with van der Waals surface area (Å²) < 4.78 is 15.6. The first-order valence-electron chi connectivity index (χ1n) is 8.50. The fraction of sp³-hybridized carbons (Fsp3) is 0.150. The fourth-order valence-corrected chi connectivity index (χ4v) is 4.10. The number of hydrogen-bond acceptors (Lipinski definition) is 5. The minimum Gasteiger partial charge on any atom is -0.350 e. The Morgan fingerprint density at radius 3 is 2.79 bits per heavy atom. The Bertz CT molecular complexity index is 1240. The standard InChI is InChI=1S/C20H17FN6S/c1-11-18(28-20(25-11)12-7-13(21)10-24-9-12)15-8-16-14(5-6-27(16)4)17(26-15)19(22-2)23-3/h5-10H,2H2,1,3-4H3. The zero-order valence-electron chi connectivity index (χ0n) is 15.6. The van der Waals surface area contributed by atoms with Crippen LogP contribution in [-0.2, 0) is 7.05 Å². The maximum atomic E-state index is 13.6. The van der Waals surface area contributed by atoms with Crippen LogP contribution >= 0.6 is 11.3 Å². The summed E-state index contributed by atoms with van der Waals surface area (Å²) in [5, 5.41) is 1.65. The summed E-state index contributed by atoms with van der Waals surface area (Å²) >= 11 is 1.45. The predicted octanol–water partition coefficient (Wildman–Crippen LogP) is 4.28. The van der Waals surface area contributed by atoms with Crippen LogP contribution in [0.15, 0.2) is 46.8 Å². The quantitative estimate of drug-likeness (QED) is 0.386. The van der Waals surface area contributed by atoms with Gasteiger partial charge in [-0.1, -0.05) is 0 Å². The van der Waals surface area contributed by atoms with Gasteiger partial charge in [0.15, 0.2) is 5.84 Å². The lowest BCUT2D eigenvalue weighted by molar-refractivity contribution is 0.622. The van der Waals surface area contributed by atoms with Crippen LogP contribution in [0, 0.1) is 12.7 Å². The van der Waals surface area contributed by atoms with E-state index in [0.29, 0.717) is 22.1 Å². The number of aryl methyl sites for hydroxylation is 2. The Hall–Kier alpha value is -3.26. The molecular weight excluding hydrogens is 375 g/mol. The van der Waals surface area contributed by atoms with Gasteiger partial charge in [0.05, 0.1) is 28.0 Å². The lowest BCUT2D eigenvalue weighted by Crippen LogP contribution is -2.03. The molecular formula is C20H17FN6S. The Balaban J connectivity index is 1.92. The Morgan fingerprint density at radius 2 is 2.07 bits per heavy atom. The van der Waals surface area contributed by atoms with E-state index in [1.165, 1.54) is 23.6 Å². The van der Waals surface area contributed by atoms with E-state index in [-0.39, 0.29) is 0 Å². The summed E-state index contributed by atoms with van der Waals surface area (Å²) in [5.41, 5.74) is 3.90. The normalized spacial score (nSPS) is 11.9. The van der Waals surface area contributed by atoms with Gasteiger partial charge in [-0.2, -0.15) is 0 Å². The summed E-state index contributed by atoms with van der Waals surface area (Å²) in [6.07, 6.45) is 4.75. The third-order valence-corrected chi connectivity index (χ3v) is 5.67. The molecule has 4 heterocycles. The first kappa shape index (κ1) is 18.1. The molecule has 0 radical (unpaired) electrons. The molecule has 0 aliphatic rings. The van der Waals surface area contributed by atoms with Crippen LogP contribution in [0.2, 0.25) is 0 Å². The highest BCUT2D eigenvalue weighted by atomic mass is 32.1. The van der Waals surface area contributed by atoms with Crippen molar-refractivity contribution in [1.29, 1.82) is 0 Å². The molecule has 0 amide bonds. The second kappa shape index (κ2) is 7.05. The molecule has 4 aromatic rings. The van der Waals surface area contributed by atoms with Gasteiger partial charge in [-0.15, -0.1) is 11.3 Å². The lowest BCUT2D eigenvalue weighted by atomic mass is 10.1. The van der Waals surface area contributed by atoms with Gasteiger partial charge in [0, 0.05) is 37.4 Å². The molecule has 0 saturated heterocycles. The van der Waals surface area contributed by atoms with Crippen LogP contribution in [-0.4, -0.2) is 39.1 Å². The van der Waals surface area contributed by atoms with Gasteiger partial charge in [0.1, 0.15) is 16.5 Å². The summed E-state index contributed by atoms with van der Waals surface area (Å²) in [6, 6.07) is 5.43. The van der Waals surface area contributed by atoms with Crippen molar-refractivity contribution in [2.75, 3.05) is 7.05 Å². The van der Waals surface area contributed by atoms with Crippen molar-refractivity contribution in [3.8, 4) is 21.1 Å². The summed E-state index contributed by atoms with van der Waals surface area (Å²) in [4.78, 5) is 22.5. The molecule has 0 spiro atoms. The van der Waals surface area contributed by atoms with Crippen molar-refractivity contribution in [1.82, 2.24) is 19.5 Å². The molecule has 0 bridgehead atoms. The van der Waals surface area contributed by atoms with Crippen molar-refractivity contribution >= 4 is 34.8 Å². The van der Waals surface area contributed by atoms with E-state index in [2.05, 4.69) is 26.7 Å². The SMILES string of the molecule is C=NC(=NC)c1nc(-c2sc(-c3cncc(F)c3)nc2C)cc2c1ccn2C. The highest BCUT2D eigenvalue weighted by Crippen LogP contribution is 2.36. The van der Waals surface area contributed by atoms with Crippen LogP contribution in [0.25, 0.3) is 32.0 Å². The van der Waals surface area contributed by atoms with Crippen LogP contribution in [0.3, 0.4) is 0 Å². The second-order valence-electron chi connectivity index (χ2n) is 6.25. The largest absolute Gasteiger partial charge is 0.350 e. The van der Waals surface area contributed by atoms with Gasteiger partial charge in [-0.05, 0) is 31.8 Å². The smallest absolute Gasteiger partial charge is 0.173 e. The Labute approximate surface area is 165 Å². The van der Waals surface area contributed by atoms with Gasteiger partial charge in [0.25, 0.3) is 0 Å². The maximum Gasteiger partial charge on any atom is 0.173 e. The molecule has 8 heteroatoms. The molecule has 0 atom stereocenters. The van der Waals surface area contributed by atoms with Crippen molar-refractivity contribution in [2.45, 2.75) is 6.92 Å². The molecule has 0 aromatic carbocycles. The number of pyridine rings is 2. The topological polar surface area (TPSA) is 68.3 Å². The van der Waals surface area contributed by atoms with Gasteiger partial charge in [-0.3, -0.25) is 9.98 Å². The monoisotopic (exact) mass is 392 g/mol. The van der Waals surface area contributed by atoms with Gasteiger partial charge in [-0.25, -0.2) is 19.4 Å². The molecule has 140 valence electrons. The van der Waals surface area contributed by atoms with Crippen molar-refractivity contribution in [3.05, 3.63) is 54.0 Å². The van der Waals surface area contributed by atoms with E-state index in [1.54, 1.807) is 13.2 Å². The predicted molar refractivity (Wildman–Crippen MR) is 112 cm³/mol. The first-order valence-corrected chi connectivity index (χ1v) is 9.32. The van der Waals surface area contributed by atoms with Crippen LogP contribution in [0.4, 0.5) is 4.39 Å². The van der Waals surface area contributed by atoms with Crippen molar-refractivity contribution in [2.24, 2.45) is 17.0 Å². The fourth-order valence-electron chi connectivity index (χ4n) is 3.09. The zero-order valence-corrected chi connectivity index (χ0v) is 16.5. The van der Waals surface area contributed by atoms with Gasteiger partial charge < -0.3 is 4.57 Å². The Morgan fingerprint density at radius 1 is 1.25 bits per heavy atom. The van der Waals surface area contributed by atoms with Crippen LogP contribution in [0.5, 0.6) is 0 Å². The minimum atomic E-state index is -0.390. The van der Waals surface area contributed by atoms with Crippen molar-refractivity contribution < 1.29 is 4.39 Å². The van der Waals surface area contributed by atoms with E-state index in [4.69, 9.17) is 4.98 Å². The van der Waals surface area contributed by atoms with Gasteiger partial charge >= 0.3 is 0 Å². The average molecular weight is 392 g/mol. The second-order valence-corrected chi connectivity index (χ2v) is 7.25. The third kappa shape index (κ3) is 3.01. The van der Waals surface area contributed by atoms with Gasteiger partial charge in [0.2, 0.25) is 0 Å². The summed E-state index contributed by atoms with van der Waals surface area (Å²) in [7, 11) is 3.64. The zero-order chi connectivity index (χ0) is 19.8. The number of thiazole rings is 1. The Kier molecular flexibility index (Phi) is 4.56. The molecule has 6 nitrogen and oxygen atoms in total.